The molecule has 4 nitrogen and oxygen atoms in total. The molecule has 1 heterocycles. The van der Waals surface area contributed by atoms with Crippen molar-refractivity contribution in [1.82, 2.24) is 14.9 Å². The van der Waals surface area contributed by atoms with Crippen LogP contribution in [0.5, 0.6) is 0 Å². The molecular weight excluding hydrogens is 270 g/mol. The molecule has 1 aromatic heterocycles. The van der Waals surface area contributed by atoms with Crippen LogP contribution in [0.4, 0.5) is 0 Å². The molecule has 2 rings (SSSR count). The predicted octanol–water partition coefficient (Wildman–Crippen LogP) is 2.45. The Morgan fingerprint density at radius 1 is 1.40 bits per heavy atom. The molecule has 0 saturated heterocycles. The highest BCUT2D eigenvalue weighted by Gasteiger charge is 2.01. The highest BCUT2D eigenvalue weighted by atomic mass is 32.2. The van der Waals surface area contributed by atoms with Gasteiger partial charge in [-0.1, -0.05) is 12.1 Å². The van der Waals surface area contributed by atoms with E-state index in [0.717, 1.165) is 25.4 Å². The molecule has 0 bridgehead atoms. The number of aromatic nitrogens is 2. The van der Waals surface area contributed by atoms with Gasteiger partial charge in [0.2, 0.25) is 0 Å². The van der Waals surface area contributed by atoms with E-state index in [2.05, 4.69) is 39.1 Å². The summed E-state index contributed by atoms with van der Waals surface area (Å²) >= 11 is 1.84. The number of methoxy groups -OCH3 is 1. The number of benzene rings is 1. The van der Waals surface area contributed by atoms with E-state index in [1.165, 1.54) is 16.2 Å². The number of nitrogens with one attached hydrogen (secondary N) is 1. The van der Waals surface area contributed by atoms with E-state index in [9.17, 15) is 0 Å². The topological polar surface area (TPSA) is 39.1 Å². The van der Waals surface area contributed by atoms with Crippen molar-refractivity contribution in [3.05, 3.63) is 48.0 Å². The third-order valence-electron chi connectivity index (χ3n) is 3.01. The van der Waals surface area contributed by atoms with Gasteiger partial charge in [0.05, 0.1) is 12.9 Å². The van der Waals surface area contributed by atoms with Crippen LogP contribution in [-0.4, -0.2) is 29.8 Å². The van der Waals surface area contributed by atoms with Crippen LogP contribution in [0.2, 0.25) is 0 Å². The van der Waals surface area contributed by atoms with Gasteiger partial charge in [-0.25, -0.2) is 4.98 Å². The average molecular weight is 291 g/mol. The summed E-state index contributed by atoms with van der Waals surface area (Å²) < 4.78 is 7.08. The molecule has 1 N–H and O–H groups in total. The number of hydrogen-bond acceptors (Lipinski definition) is 4. The summed E-state index contributed by atoms with van der Waals surface area (Å²) in [6, 6.07) is 8.65. The van der Waals surface area contributed by atoms with Gasteiger partial charge >= 0.3 is 0 Å². The zero-order valence-corrected chi connectivity index (χ0v) is 12.8. The molecule has 0 saturated carbocycles. The highest BCUT2D eigenvalue weighted by Crippen LogP contribution is 2.23. The van der Waals surface area contributed by atoms with Crippen LogP contribution in [0, 0.1) is 0 Å². The van der Waals surface area contributed by atoms with Crippen LogP contribution in [0.25, 0.3) is 0 Å². The van der Waals surface area contributed by atoms with E-state index < -0.39 is 0 Å². The van der Waals surface area contributed by atoms with Crippen molar-refractivity contribution in [2.45, 2.75) is 17.2 Å². The third kappa shape index (κ3) is 4.67. The fourth-order valence-electron chi connectivity index (χ4n) is 1.83. The molecule has 0 aliphatic heterocycles. The van der Waals surface area contributed by atoms with Crippen molar-refractivity contribution >= 4 is 11.8 Å². The van der Waals surface area contributed by atoms with Crippen molar-refractivity contribution in [3.63, 3.8) is 0 Å². The molecule has 108 valence electrons. The highest BCUT2D eigenvalue weighted by molar-refractivity contribution is 7.98. The van der Waals surface area contributed by atoms with Crippen LogP contribution in [0.15, 0.2) is 41.7 Å². The molecule has 0 aliphatic carbocycles. The van der Waals surface area contributed by atoms with E-state index in [1.807, 2.05) is 31.3 Å². The Bertz CT molecular complexity index is 527. The molecule has 2 aromatic rings. The number of nitrogens with zero attached hydrogens (tertiary/aromatic N) is 2. The number of aryl methyl sites for hydroxylation is 1. The molecule has 0 unspecified atom stereocenters. The Kier molecular flexibility index (Phi) is 6.11. The van der Waals surface area contributed by atoms with E-state index in [4.69, 9.17) is 4.74 Å². The molecular formula is C15H21N3OS. The van der Waals surface area contributed by atoms with E-state index in [1.54, 1.807) is 7.11 Å². The van der Waals surface area contributed by atoms with Gasteiger partial charge in [0.15, 0.2) is 0 Å². The van der Waals surface area contributed by atoms with Crippen molar-refractivity contribution in [2.75, 3.05) is 20.3 Å². The lowest BCUT2D eigenvalue weighted by molar-refractivity contribution is 0.199. The second kappa shape index (κ2) is 8.09. The molecule has 1 aromatic carbocycles. The molecule has 0 fully saturated rings. The summed E-state index contributed by atoms with van der Waals surface area (Å²) in [5.74, 6) is 0.942. The zero-order chi connectivity index (χ0) is 14.2. The minimum atomic E-state index is 0.745. The quantitative estimate of drug-likeness (QED) is 0.599. The van der Waals surface area contributed by atoms with Gasteiger partial charge in [0.25, 0.3) is 0 Å². The minimum Gasteiger partial charge on any atom is -0.383 e. The Labute approximate surface area is 124 Å². The van der Waals surface area contributed by atoms with Gasteiger partial charge in [-0.2, -0.15) is 0 Å². The van der Waals surface area contributed by atoms with Crippen LogP contribution < -0.4 is 5.32 Å². The normalized spacial score (nSPS) is 10.9. The van der Waals surface area contributed by atoms with Crippen LogP contribution in [-0.2, 0) is 24.1 Å². The summed E-state index contributed by atoms with van der Waals surface area (Å²) in [6.45, 7) is 2.50. The molecule has 0 radical (unpaired) electrons. The summed E-state index contributed by atoms with van der Waals surface area (Å²) in [6.07, 6.45) is 3.76. The SMILES string of the molecule is COCCNCc1cccc(SCc2cncn2C)c1. The van der Waals surface area contributed by atoms with Gasteiger partial charge in [0.1, 0.15) is 0 Å². The molecule has 0 spiro atoms. The number of rotatable bonds is 8. The smallest absolute Gasteiger partial charge is 0.0945 e. The third-order valence-corrected chi connectivity index (χ3v) is 4.04. The first kappa shape index (κ1) is 15.1. The minimum absolute atomic E-state index is 0.745. The summed E-state index contributed by atoms with van der Waals surface area (Å²) in [4.78, 5) is 5.43. The van der Waals surface area contributed by atoms with Gasteiger partial charge < -0.3 is 14.6 Å². The standard InChI is InChI=1S/C15H21N3OS/c1-18-12-17-10-14(18)11-20-15-5-3-4-13(8-15)9-16-6-7-19-2/h3-5,8,10,12,16H,6-7,9,11H2,1-2H3. The number of hydrogen-bond donors (Lipinski definition) is 1. The molecule has 0 amide bonds. The van der Waals surface area contributed by atoms with Crippen molar-refractivity contribution < 1.29 is 4.74 Å². The van der Waals surface area contributed by atoms with Gasteiger partial charge in [-0.3, -0.25) is 0 Å². The lowest BCUT2D eigenvalue weighted by atomic mass is 10.2. The maximum absolute atomic E-state index is 5.02. The number of thioether (sulfide) groups is 1. The Balaban J connectivity index is 1.84. The lowest BCUT2D eigenvalue weighted by Gasteiger charge is -2.07. The van der Waals surface area contributed by atoms with Crippen molar-refractivity contribution in [2.24, 2.45) is 7.05 Å². The van der Waals surface area contributed by atoms with Crippen molar-refractivity contribution in [1.29, 1.82) is 0 Å². The second-order valence-corrected chi connectivity index (χ2v) is 5.65. The summed E-state index contributed by atoms with van der Waals surface area (Å²) in [5.41, 5.74) is 2.54. The predicted molar refractivity (Wildman–Crippen MR) is 82.8 cm³/mol. The zero-order valence-electron chi connectivity index (χ0n) is 12.0. The molecule has 20 heavy (non-hydrogen) atoms. The molecule has 5 heteroatoms. The Hall–Kier alpha value is -1.30. The number of imidazole rings is 1. The molecule has 0 atom stereocenters. The van der Waals surface area contributed by atoms with Gasteiger partial charge in [-0.05, 0) is 17.7 Å². The van der Waals surface area contributed by atoms with Crippen molar-refractivity contribution in [3.8, 4) is 0 Å². The maximum Gasteiger partial charge on any atom is 0.0945 e. The Morgan fingerprint density at radius 2 is 2.30 bits per heavy atom. The van der Waals surface area contributed by atoms with Gasteiger partial charge in [-0.15, -0.1) is 11.8 Å². The first-order valence-corrected chi connectivity index (χ1v) is 7.64. The van der Waals surface area contributed by atoms with Crippen LogP contribution in [0.3, 0.4) is 0 Å². The number of ether oxygens (including phenoxy) is 1. The lowest BCUT2D eigenvalue weighted by Crippen LogP contribution is -2.18. The van der Waals surface area contributed by atoms with E-state index in [0.29, 0.717) is 0 Å². The maximum atomic E-state index is 5.02. The first-order valence-electron chi connectivity index (χ1n) is 6.66. The summed E-state index contributed by atoms with van der Waals surface area (Å²) in [5, 5.41) is 3.36. The first-order chi connectivity index (χ1) is 9.79. The fourth-order valence-corrected chi connectivity index (χ4v) is 2.84. The van der Waals surface area contributed by atoms with Crippen LogP contribution >= 0.6 is 11.8 Å². The molecule has 0 aliphatic rings. The largest absolute Gasteiger partial charge is 0.383 e. The Morgan fingerprint density at radius 3 is 3.05 bits per heavy atom. The average Bonchev–Trinajstić information content (AvgIpc) is 2.87. The fraction of sp³-hybridized carbons (Fsp3) is 0.400. The monoisotopic (exact) mass is 291 g/mol. The van der Waals surface area contributed by atoms with E-state index in [-0.39, 0.29) is 0 Å². The summed E-state index contributed by atoms with van der Waals surface area (Å²) in [7, 11) is 3.75. The van der Waals surface area contributed by atoms with Crippen LogP contribution in [0.1, 0.15) is 11.3 Å². The van der Waals surface area contributed by atoms with Gasteiger partial charge in [0, 0.05) is 49.8 Å². The second-order valence-electron chi connectivity index (χ2n) is 4.60. The van der Waals surface area contributed by atoms with E-state index >= 15 is 0 Å².